The highest BCUT2D eigenvalue weighted by Gasteiger charge is 2.13. The van der Waals surface area contributed by atoms with E-state index >= 15 is 0 Å². The minimum Gasteiger partial charge on any atom is -0.325 e. The number of anilines is 1. The SMILES string of the molecule is Cc1nnc2ccc(SCC(=O)Nc3cc(F)c(F)c(F)c3)nn12. The number of hydrogen-bond donors (Lipinski definition) is 1. The van der Waals surface area contributed by atoms with Crippen molar-refractivity contribution >= 4 is 29.0 Å². The normalized spacial score (nSPS) is 11.0. The third kappa shape index (κ3) is 3.32. The molecule has 0 fully saturated rings. The van der Waals surface area contributed by atoms with Gasteiger partial charge in [0.2, 0.25) is 5.91 Å². The van der Waals surface area contributed by atoms with E-state index in [2.05, 4.69) is 20.6 Å². The van der Waals surface area contributed by atoms with Gasteiger partial charge in [-0.15, -0.1) is 10.2 Å². The number of benzene rings is 1. The lowest BCUT2D eigenvalue weighted by atomic mass is 10.3. The maximum atomic E-state index is 13.1. The molecule has 3 aromatic rings. The third-order valence-electron chi connectivity index (χ3n) is 3.01. The Morgan fingerprint density at radius 2 is 1.92 bits per heavy atom. The van der Waals surface area contributed by atoms with Gasteiger partial charge in [-0.05, 0) is 19.1 Å². The van der Waals surface area contributed by atoms with E-state index in [9.17, 15) is 18.0 Å². The highest BCUT2D eigenvalue weighted by molar-refractivity contribution is 7.99. The Labute approximate surface area is 138 Å². The fourth-order valence-electron chi connectivity index (χ4n) is 1.92. The van der Waals surface area contributed by atoms with Crippen LogP contribution in [0.15, 0.2) is 29.3 Å². The van der Waals surface area contributed by atoms with E-state index in [1.165, 1.54) is 4.52 Å². The number of fused-ring (bicyclic) bond motifs is 1. The first-order valence-corrected chi connectivity index (χ1v) is 7.69. The molecule has 10 heteroatoms. The summed E-state index contributed by atoms with van der Waals surface area (Å²) in [5, 5.41) is 14.9. The number of rotatable bonds is 4. The summed E-state index contributed by atoms with van der Waals surface area (Å²) in [7, 11) is 0. The highest BCUT2D eigenvalue weighted by Crippen LogP contribution is 2.19. The van der Waals surface area contributed by atoms with E-state index < -0.39 is 23.4 Å². The van der Waals surface area contributed by atoms with Gasteiger partial charge in [-0.2, -0.15) is 9.61 Å². The molecule has 1 amide bonds. The molecule has 1 N–H and O–H groups in total. The van der Waals surface area contributed by atoms with Crippen molar-refractivity contribution in [3.05, 3.63) is 47.5 Å². The van der Waals surface area contributed by atoms with Crippen molar-refractivity contribution in [2.24, 2.45) is 0 Å². The first-order valence-electron chi connectivity index (χ1n) is 6.70. The number of nitrogens with one attached hydrogen (secondary N) is 1. The van der Waals surface area contributed by atoms with Crippen LogP contribution >= 0.6 is 11.8 Å². The van der Waals surface area contributed by atoms with Crippen LogP contribution in [0.3, 0.4) is 0 Å². The average molecular weight is 353 g/mol. The van der Waals surface area contributed by atoms with Gasteiger partial charge in [0.1, 0.15) is 5.03 Å². The second-order valence-corrected chi connectivity index (χ2v) is 5.78. The van der Waals surface area contributed by atoms with Gasteiger partial charge in [0.15, 0.2) is 28.9 Å². The summed E-state index contributed by atoms with van der Waals surface area (Å²) >= 11 is 1.13. The van der Waals surface area contributed by atoms with E-state index in [1.807, 2.05) is 0 Å². The molecule has 0 spiro atoms. The van der Waals surface area contributed by atoms with Crippen LogP contribution < -0.4 is 5.32 Å². The minimum absolute atomic E-state index is 0.0414. The maximum absolute atomic E-state index is 13.1. The summed E-state index contributed by atoms with van der Waals surface area (Å²) in [5.41, 5.74) is 0.425. The van der Waals surface area contributed by atoms with Gasteiger partial charge in [-0.3, -0.25) is 4.79 Å². The topological polar surface area (TPSA) is 72.2 Å². The molecule has 0 saturated carbocycles. The van der Waals surface area contributed by atoms with Crippen LogP contribution in [0, 0.1) is 24.4 Å². The lowest BCUT2D eigenvalue weighted by molar-refractivity contribution is -0.113. The summed E-state index contributed by atoms with van der Waals surface area (Å²) in [6, 6.07) is 4.81. The Kier molecular flexibility index (Phi) is 4.38. The van der Waals surface area contributed by atoms with E-state index in [4.69, 9.17) is 0 Å². The highest BCUT2D eigenvalue weighted by atomic mass is 32.2. The molecule has 0 aliphatic rings. The molecule has 6 nitrogen and oxygen atoms in total. The molecule has 0 bridgehead atoms. The standard InChI is InChI=1S/C14H10F3N5OS/c1-7-19-20-11-2-3-13(21-22(7)11)24-6-12(23)18-8-4-9(15)14(17)10(16)5-8/h2-5H,6H2,1H3,(H,18,23). The van der Waals surface area contributed by atoms with Crippen molar-refractivity contribution in [2.75, 3.05) is 11.1 Å². The third-order valence-corrected chi connectivity index (χ3v) is 3.93. The summed E-state index contributed by atoms with van der Waals surface area (Å²) in [6.07, 6.45) is 0. The molecule has 124 valence electrons. The number of aryl methyl sites for hydroxylation is 1. The summed E-state index contributed by atoms with van der Waals surface area (Å²) in [6.45, 7) is 1.74. The number of carbonyl (C=O) groups is 1. The maximum Gasteiger partial charge on any atom is 0.234 e. The Hall–Kier alpha value is -2.62. The van der Waals surface area contributed by atoms with Gasteiger partial charge >= 0.3 is 0 Å². The molecule has 0 saturated heterocycles. The van der Waals surface area contributed by atoms with Crippen LogP contribution in [0.4, 0.5) is 18.9 Å². The lowest BCUT2D eigenvalue weighted by Gasteiger charge is -2.06. The lowest BCUT2D eigenvalue weighted by Crippen LogP contribution is -2.15. The number of thioether (sulfide) groups is 1. The molecule has 0 aliphatic carbocycles. The molecular formula is C14H10F3N5OS. The summed E-state index contributed by atoms with van der Waals surface area (Å²) in [4.78, 5) is 11.8. The van der Waals surface area contributed by atoms with Crippen LogP contribution in [-0.4, -0.2) is 31.5 Å². The Balaban J connectivity index is 1.65. The van der Waals surface area contributed by atoms with Crippen molar-refractivity contribution in [1.29, 1.82) is 0 Å². The molecule has 0 unspecified atom stereocenters. The number of hydrogen-bond acceptors (Lipinski definition) is 5. The van der Waals surface area contributed by atoms with Gasteiger partial charge < -0.3 is 5.32 Å². The first kappa shape index (κ1) is 16.2. The molecule has 0 aliphatic heterocycles. The molecule has 0 radical (unpaired) electrons. The average Bonchev–Trinajstić information content (AvgIpc) is 2.91. The molecule has 1 aromatic carbocycles. The van der Waals surface area contributed by atoms with Gasteiger partial charge in [0, 0.05) is 17.8 Å². The minimum atomic E-state index is -1.58. The molecule has 3 rings (SSSR count). The quantitative estimate of drug-likeness (QED) is 0.577. The second-order valence-electron chi connectivity index (χ2n) is 4.78. The van der Waals surface area contributed by atoms with Crippen molar-refractivity contribution in [1.82, 2.24) is 19.8 Å². The zero-order valence-corrected chi connectivity index (χ0v) is 13.1. The van der Waals surface area contributed by atoms with Crippen LogP contribution in [0.1, 0.15) is 5.82 Å². The van der Waals surface area contributed by atoms with E-state index in [0.717, 1.165) is 11.8 Å². The monoisotopic (exact) mass is 353 g/mol. The Morgan fingerprint density at radius 3 is 2.62 bits per heavy atom. The second kappa shape index (κ2) is 6.48. The molecule has 0 atom stereocenters. The predicted molar refractivity (Wildman–Crippen MR) is 81.2 cm³/mol. The Morgan fingerprint density at radius 1 is 1.21 bits per heavy atom. The van der Waals surface area contributed by atoms with Crippen molar-refractivity contribution < 1.29 is 18.0 Å². The van der Waals surface area contributed by atoms with Crippen LogP contribution in [0.5, 0.6) is 0 Å². The largest absolute Gasteiger partial charge is 0.325 e. The predicted octanol–water partition coefficient (Wildman–Crippen LogP) is 2.58. The smallest absolute Gasteiger partial charge is 0.234 e. The number of aromatic nitrogens is 4. The molecular weight excluding hydrogens is 343 g/mol. The van der Waals surface area contributed by atoms with Crippen molar-refractivity contribution in [2.45, 2.75) is 11.9 Å². The first-order chi connectivity index (χ1) is 11.4. The fraction of sp³-hybridized carbons (Fsp3) is 0.143. The van der Waals surface area contributed by atoms with Crippen LogP contribution in [0.2, 0.25) is 0 Å². The summed E-state index contributed by atoms with van der Waals surface area (Å²) in [5.74, 6) is -4.26. The number of carbonyl (C=O) groups excluding carboxylic acids is 1. The van der Waals surface area contributed by atoms with Gasteiger partial charge in [-0.25, -0.2) is 13.2 Å². The van der Waals surface area contributed by atoms with Gasteiger partial charge in [0.25, 0.3) is 0 Å². The number of halogens is 3. The van der Waals surface area contributed by atoms with Crippen LogP contribution in [-0.2, 0) is 4.79 Å². The Bertz CT molecular complexity index is 907. The van der Waals surface area contributed by atoms with E-state index in [0.29, 0.717) is 28.6 Å². The summed E-state index contributed by atoms with van der Waals surface area (Å²) < 4.78 is 40.6. The molecule has 2 aromatic heterocycles. The zero-order valence-electron chi connectivity index (χ0n) is 12.3. The van der Waals surface area contributed by atoms with Gasteiger partial charge in [0.05, 0.1) is 5.75 Å². The zero-order chi connectivity index (χ0) is 17.3. The van der Waals surface area contributed by atoms with Crippen molar-refractivity contribution in [3.8, 4) is 0 Å². The molecule has 2 heterocycles. The van der Waals surface area contributed by atoms with Crippen LogP contribution in [0.25, 0.3) is 5.65 Å². The number of nitrogens with zero attached hydrogens (tertiary/aromatic N) is 4. The van der Waals surface area contributed by atoms with E-state index in [-0.39, 0.29) is 11.4 Å². The van der Waals surface area contributed by atoms with Gasteiger partial charge in [-0.1, -0.05) is 11.8 Å². The number of amides is 1. The van der Waals surface area contributed by atoms with Crippen molar-refractivity contribution in [3.63, 3.8) is 0 Å². The molecule has 24 heavy (non-hydrogen) atoms. The van der Waals surface area contributed by atoms with E-state index in [1.54, 1.807) is 19.1 Å². The fourth-order valence-corrected chi connectivity index (χ4v) is 2.58.